The van der Waals surface area contributed by atoms with Crippen LogP contribution in [-0.2, 0) is 30.5 Å². The number of halogens is 2. The van der Waals surface area contributed by atoms with E-state index in [1.807, 2.05) is 48.5 Å². The molecule has 3 aromatic rings. The number of nitrogens with zero attached hydrogens (tertiary/aromatic N) is 1. The Morgan fingerprint density at radius 3 is 2.12 bits per heavy atom. The monoisotopic (exact) mass is 578 g/mol. The Morgan fingerprint density at radius 2 is 1.50 bits per heavy atom. The van der Waals surface area contributed by atoms with Gasteiger partial charge in [-0.3, -0.25) is 9.59 Å². The van der Waals surface area contributed by atoms with E-state index in [1.165, 1.54) is 0 Å². The van der Waals surface area contributed by atoms with Crippen LogP contribution in [0.2, 0.25) is 0 Å². The molecule has 9 nitrogen and oxygen atoms in total. The molecule has 0 unspecified atom stereocenters. The molecular weight excluding hydrogens is 550 g/mol. The minimum Gasteiger partial charge on any atom is -0.480 e. The highest BCUT2D eigenvalue weighted by Gasteiger charge is 2.51. The Bertz CT molecular complexity index is 1450. The number of alkyl carbamates (subject to hydrolysis) is 1. The first-order valence-electron chi connectivity index (χ1n) is 13.3. The largest absolute Gasteiger partial charge is 0.480 e. The zero-order valence-corrected chi connectivity index (χ0v) is 22.4. The molecule has 0 radical (unpaired) electrons. The number of carboxylic acid groups (broad SMARTS) is 1. The molecule has 1 saturated heterocycles. The van der Waals surface area contributed by atoms with Crippen molar-refractivity contribution in [3.8, 4) is 11.1 Å². The van der Waals surface area contributed by atoms with Gasteiger partial charge in [0.15, 0.2) is 0 Å². The number of hydrogen-bond donors (Lipinski definition) is 2. The van der Waals surface area contributed by atoms with Crippen LogP contribution in [0, 0.1) is 0 Å². The Morgan fingerprint density at radius 1 is 0.905 bits per heavy atom. The van der Waals surface area contributed by atoms with Crippen molar-refractivity contribution in [2.45, 2.75) is 43.4 Å². The average molecular weight is 579 g/mol. The Balaban J connectivity index is 1.30. The van der Waals surface area contributed by atoms with E-state index >= 15 is 0 Å². The first kappa shape index (κ1) is 28.7. The maximum atomic E-state index is 14.1. The van der Waals surface area contributed by atoms with Gasteiger partial charge in [-0.1, -0.05) is 78.9 Å². The van der Waals surface area contributed by atoms with Crippen molar-refractivity contribution in [2.75, 3.05) is 13.2 Å². The van der Waals surface area contributed by atoms with E-state index in [9.17, 15) is 33.1 Å². The fraction of sp³-hybridized carbons (Fsp3) is 0.290. The van der Waals surface area contributed by atoms with Crippen LogP contribution in [0.15, 0.2) is 78.9 Å². The predicted octanol–water partition coefficient (Wildman–Crippen LogP) is 4.35. The summed E-state index contributed by atoms with van der Waals surface area (Å²) < 4.78 is 39.0. The van der Waals surface area contributed by atoms with Gasteiger partial charge in [0.05, 0.1) is 13.0 Å². The number of benzene rings is 3. The molecular formula is C31H28F2N2O7. The number of likely N-dealkylation sites (tertiary alicyclic amines) is 1. The third-order valence-electron chi connectivity index (χ3n) is 7.39. The maximum Gasteiger partial charge on any atom is 0.407 e. The van der Waals surface area contributed by atoms with Crippen molar-refractivity contribution >= 4 is 23.9 Å². The Hall–Kier alpha value is -4.80. The van der Waals surface area contributed by atoms with Crippen LogP contribution in [0.25, 0.3) is 11.1 Å². The van der Waals surface area contributed by atoms with Crippen molar-refractivity contribution in [1.82, 2.24) is 10.2 Å². The molecule has 2 amide bonds. The van der Waals surface area contributed by atoms with Crippen LogP contribution in [-0.4, -0.2) is 65.1 Å². The second-order valence-electron chi connectivity index (χ2n) is 10.3. The molecule has 0 saturated carbocycles. The van der Waals surface area contributed by atoms with Gasteiger partial charge in [0.25, 0.3) is 5.92 Å². The summed E-state index contributed by atoms with van der Waals surface area (Å²) in [6.07, 6.45) is -2.86. The molecule has 1 heterocycles. The molecule has 1 aliphatic heterocycles. The number of rotatable bonds is 9. The summed E-state index contributed by atoms with van der Waals surface area (Å²) in [4.78, 5) is 51.1. The summed E-state index contributed by atoms with van der Waals surface area (Å²) in [7, 11) is 0. The Labute approximate surface area is 240 Å². The van der Waals surface area contributed by atoms with Gasteiger partial charge >= 0.3 is 18.0 Å². The summed E-state index contributed by atoms with van der Waals surface area (Å²) in [5, 5.41) is 11.7. The summed E-state index contributed by atoms with van der Waals surface area (Å²) >= 11 is 0. The third kappa shape index (κ3) is 6.24. The first-order valence-corrected chi connectivity index (χ1v) is 13.3. The topological polar surface area (TPSA) is 122 Å². The number of nitrogens with one attached hydrogen (secondary N) is 1. The normalized spacial score (nSPS) is 17.6. The second-order valence-corrected chi connectivity index (χ2v) is 10.3. The number of ether oxygens (including phenoxy) is 2. The summed E-state index contributed by atoms with van der Waals surface area (Å²) in [6.45, 7) is -1.38. The van der Waals surface area contributed by atoms with Crippen LogP contribution < -0.4 is 5.32 Å². The van der Waals surface area contributed by atoms with E-state index in [-0.39, 0.29) is 19.1 Å². The lowest BCUT2D eigenvalue weighted by atomic mass is 9.98. The number of carboxylic acids is 1. The van der Waals surface area contributed by atoms with Gasteiger partial charge in [0.2, 0.25) is 5.91 Å². The Kier molecular flexibility index (Phi) is 8.19. The van der Waals surface area contributed by atoms with Crippen molar-refractivity contribution in [2.24, 2.45) is 0 Å². The van der Waals surface area contributed by atoms with E-state index in [1.54, 1.807) is 30.3 Å². The number of fused-ring (bicyclic) bond motifs is 3. The SMILES string of the molecule is O=C(C[C@H](NC(=O)OCC1c2ccccc2-c2ccccc21)C(=O)N1CC(F)(F)C[C@@H]1C(=O)O)OCc1ccccc1. The number of carbonyl (C=O) groups is 4. The number of alkyl halides is 2. The van der Waals surface area contributed by atoms with Crippen LogP contribution in [0.1, 0.15) is 35.4 Å². The van der Waals surface area contributed by atoms with E-state index < -0.39 is 61.3 Å². The van der Waals surface area contributed by atoms with Gasteiger partial charge in [-0.25, -0.2) is 18.4 Å². The van der Waals surface area contributed by atoms with E-state index in [0.717, 1.165) is 22.3 Å². The number of hydrogen-bond acceptors (Lipinski definition) is 6. The molecule has 11 heteroatoms. The minimum atomic E-state index is -3.44. The molecule has 2 N–H and O–H groups in total. The number of esters is 1. The highest BCUT2D eigenvalue weighted by atomic mass is 19.3. The molecule has 0 bridgehead atoms. The van der Waals surface area contributed by atoms with Crippen LogP contribution in [0.3, 0.4) is 0 Å². The summed E-state index contributed by atoms with van der Waals surface area (Å²) in [6, 6.07) is 20.5. The van der Waals surface area contributed by atoms with Crippen LogP contribution in [0.5, 0.6) is 0 Å². The summed E-state index contributed by atoms with van der Waals surface area (Å²) in [5.41, 5.74) is 4.58. The molecule has 5 rings (SSSR count). The van der Waals surface area contributed by atoms with E-state index in [2.05, 4.69) is 5.32 Å². The summed E-state index contributed by atoms with van der Waals surface area (Å²) in [5.74, 6) is -7.39. The van der Waals surface area contributed by atoms with Gasteiger partial charge in [0, 0.05) is 12.3 Å². The van der Waals surface area contributed by atoms with Crippen LogP contribution in [0.4, 0.5) is 13.6 Å². The second kappa shape index (κ2) is 12.0. The molecule has 0 aromatic heterocycles. The highest BCUT2D eigenvalue weighted by Crippen LogP contribution is 2.44. The molecule has 1 fully saturated rings. The van der Waals surface area contributed by atoms with Gasteiger partial charge in [0.1, 0.15) is 25.3 Å². The number of carbonyl (C=O) groups excluding carboxylic acids is 3. The molecule has 0 spiro atoms. The maximum absolute atomic E-state index is 14.1. The number of amides is 2. The zero-order valence-electron chi connectivity index (χ0n) is 22.4. The predicted molar refractivity (Wildman–Crippen MR) is 146 cm³/mol. The van der Waals surface area contributed by atoms with Crippen LogP contribution >= 0.6 is 0 Å². The van der Waals surface area contributed by atoms with Crippen molar-refractivity contribution in [3.05, 3.63) is 95.6 Å². The quantitative estimate of drug-likeness (QED) is 0.362. The lowest BCUT2D eigenvalue weighted by molar-refractivity contribution is -0.151. The van der Waals surface area contributed by atoms with Gasteiger partial charge in [-0.05, 0) is 27.8 Å². The standard InChI is InChI=1S/C31H28F2N2O7/c32-31(33)15-26(29(38)39)35(18-31)28(37)25(14-27(36)41-16-19-8-2-1-3-9-19)34-30(40)42-17-24-22-12-6-4-10-20(22)21-11-5-7-13-23(21)24/h1-13,24-26H,14-18H2,(H,34,40)(H,38,39)/t25-,26+/m0/s1. The fourth-order valence-electron chi connectivity index (χ4n) is 5.42. The zero-order chi connectivity index (χ0) is 29.9. The molecule has 2 atom stereocenters. The van der Waals surface area contributed by atoms with Crippen molar-refractivity contribution < 1.29 is 42.5 Å². The smallest absolute Gasteiger partial charge is 0.407 e. The molecule has 3 aromatic carbocycles. The molecule has 1 aliphatic carbocycles. The lowest BCUT2D eigenvalue weighted by Crippen LogP contribution is -2.53. The number of aliphatic carboxylic acids is 1. The molecule has 218 valence electrons. The van der Waals surface area contributed by atoms with E-state index in [4.69, 9.17) is 9.47 Å². The molecule has 42 heavy (non-hydrogen) atoms. The lowest BCUT2D eigenvalue weighted by Gasteiger charge is -2.26. The third-order valence-corrected chi connectivity index (χ3v) is 7.39. The highest BCUT2D eigenvalue weighted by molar-refractivity contribution is 5.92. The van der Waals surface area contributed by atoms with Crippen molar-refractivity contribution in [1.29, 1.82) is 0 Å². The minimum absolute atomic E-state index is 0.0985. The fourth-order valence-corrected chi connectivity index (χ4v) is 5.42. The average Bonchev–Trinajstić information content (AvgIpc) is 3.49. The van der Waals surface area contributed by atoms with Crippen molar-refractivity contribution in [3.63, 3.8) is 0 Å². The molecule has 2 aliphatic rings. The van der Waals surface area contributed by atoms with Gasteiger partial charge in [-0.15, -0.1) is 0 Å². The van der Waals surface area contributed by atoms with Gasteiger partial charge < -0.3 is 24.8 Å². The van der Waals surface area contributed by atoms with E-state index in [0.29, 0.717) is 10.5 Å². The van der Waals surface area contributed by atoms with Gasteiger partial charge in [-0.2, -0.15) is 0 Å². The first-order chi connectivity index (χ1) is 20.1.